The highest BCUT2D eigenvalue weighted by Gasteiger charge is 2.07. The average Bonchev–Trinajstić information content (AvgIpc) is 2.37. The third-order valence-corrected chi connectivity index (χ3v) is 3.19. The van der Waals surface area contributed by atoms with Crippen molar-refractivity contribution in [1.29, 1.82) is 0 Å². The van der Waals surface area contributed by atoms with Gasteiger partial charge in [-0.1, -0.05) is 11.6 Å². The van der Waals surface area contributed by atoms with Gasteiger partial charge in [-0.05, 0) is 62.0 Å². The summed E-state index contributed by atoms with van der Waals surface area (Å²) in [5.41, 5.74) is 2.75. The van der Waals surface area contributed by atoms with E-state index in [0.29, 0.717) is 27.4 Å². The largest absolute Gasteiger partial charge is 0.495 e. The number of rotatable bonds is 3. The molecule has 6 heteroatoms. The van der Waals surface area contributed by atoms with E-state index in [9.17, 15) is 0 Å². The fraction of sp³-hybridized carbons (Fsp3) is 0.200. The van der Waals surface area contributed by atoms with E-state index in [-0.39, 0.29) is 0 Å². The first kappa shape index (κ1) is 15.5. The third-order valence-electron chi connectivity index (χ3n) is 2.75. The van der Waals surface area contributed by atoms with Crippen LogP contribution in [0.4, 0.5) is 11.5 Å². The highest BCUT2D eigenvalue weighted by molar-refractivity contribution is 7.80. The first-order chi connectivity index (χ1) is 9.97. The van der Waals surface area contributed by atoms with Gasteiger partial charge in [0.15, 0.2) is 5.11 Å². The van der Waals surface area contributed by atoms with Gasteiger partial charge in [0.05, 0.1) is 12.8 Å². The second kappa shape index (κ2) is 6.74. The lowest BCUT2D eigenvalue weighted by Gasteiger charge is -2.14. The van der Waals surface area contributed by atoms with E-state index in [4.69, 9.17) is 28.6 Å². The summed E-state index contributed by atoms with van der Waals surface area (Å²) in [6, 6.07) is 9.22. The summed E-state index contributed by atoms with van der Waals surface area (Å²) in [5, 5.41) is 7.14. The Morgan fingerprint density at radius 1 is 1.19 bits per heavy atom. The number of halogens is 1. The Bertz CT molecular complexity index is 656. The van der Waals surface area contributed by atoms with Crippen molar-refractivity contribution in [1.82, 2.24) is 4.98 Å². The van der Waals surface area contributed by atoms with E-state index in [1.807, 2.05) is 26.0 Å². The SMILES string of the molecule is COc1ccc(Cl)cc1NC(=S)Nc1cc(C)cc(C)n1. The normalized spacial score (nSPS) is 10.1. The van der Waals surface area contributed by atoms with Crippen LogP contribution in [0, 0.1) is 13.8 Å². The molecule has 0 saturated heterocycles. The minimum absolute atomic E-state index is 0.424. The highest BCUT2D eigenvalue weighted by atomic mass is 35.5. The van der Waals surface area contributed by atoms with Crippen molar-refractivity contribution in [2.45, 2.75) is 13.8 Å². The summed E-state index contributed by atoms with van der Waals surface area (Å²) in [5.74, 6) is 1.36. The topological polar surface area (TPSA) is 46.2 Å². The van der Waals surface area contributed by atoms with Crippen LogP contribution in [0.2, 0.25) is 5.02 Å². The molecule has 110 valence electrons. The first-order valence-electron chi connectivity index (χ1n) is 6.35. The molecule has 0 radical (unpaired) electrons. The van der Waals surface area contributed by atoms with Crippen molar-refractivity contribution in [3.8, 4) is 5.75 Å². The molecule has 0 saturated carbocycles. The molecule has 0 bridgehead atoms. The van der Waals surface area contributed by atoms with Crippen LogP contribution >= 0.6 is 23.8 Å². The molecule has 0 aliphatic heterocycles. The van der Waals surface area contributed by atoms with Crippen LogP contribution < -0.4 is 15.4 Å². The van der Waals surface area contributed by atoms with E-state index < -0.39 is 0 Å². The minimum Gasteiger partial charge on any atom is -0.495 e. The molecule has 4 nitrogen and oxygen atoms in total. The van der Waals surface area contributed by atoms with Crippen LogP contribution in [-0.2, 0) is 0 Å². The minimum atomic E-state index is 0.424. The Balaban J connectivity index is 2.13. The second-order valence-corrected chi connectivity index (χ2v) is 5.44. The maximum atomic E-state index is 5.99. The molecule has 21 heavy (non-hydrogen) atoms. The van der Waals surface area contributed by atoms with Crippen molar-refractivity contribution >= 4 is 40.4 Å². The summed E-state index contributed by atoms with van der Waals surface area (Å²) in [4.78, 5) is 4.38. The number of aromatic nitrogens is 1. The first-order valence-corrected chi connectivity index (χ1v) is 7.13. The Morgan fingerprint density at radius 3 is 2.62 bits per heavy atom. The molecule has 1 aromatic carbocycles. The maximum absolute atomic E-state index is 5.99. The molecule has 0 amide bonds. The smallest absolute Gasteiger partial charge is 0.176 e. The zero-order valence-electron chi connectivity index (χ0n) is 12.0. The number of thiocarbonyl (C=S) groups is 1. The molecule has 0 aliphatic carbocycles. The average molecular weight is 322 g/mol. The van der Waals surface area contributed by atoms with E-state index in [0.717, 1.165) is 11.3 Å². The number of anilines is 2. The van der Waals surface area contributed by atoms with Crippen molar-refractivity contribution in [3.63, 3.8) is 0 Å². The van der Waals surface area contributed by atoms with Crippen LogP contribution in [0.25, 0.3) is 0 Å². The van der Waals surface area contributed by atoms with Crippen LogP contribution in [0.5, 0.6) is 5.75 Å². The predicted molar refractivity (Wildman–Crippen MR) is 91.6 cm³/mol. The molecule has 1 aromatic heterocycles. The van der Waals surface area contributed by atoms with Gasteiger partial charge in [0, 0.05) is 10.7 Å². The lowest BCUT2D eigenvalue weighted by Crippen LogP contribution is -2.20. The zero-order valence-corrected chi connectivity index (χ0v) is 13.6. The fourth-order valence-corrected chi connectivity index (χ4v) is 2.34. The number of methoxy groups -OCH3 is 1. The van der Waals surface area contributed by atoms with E-state index >= 15 is 0 Å². The Kier molecular flexibility index (Phi) is 4.98. The lowest BCUT2D eigenvalue weighted by molar-refractivity contribution is 0.417. The van der Waals surface area contributed by atoms with Crippen molar-refractivity contribution in [2.75, 3.05) is 17.7 Å². The maximum Gasteiger partial charge on any atom is 0.176 e. The fourth-order valence-electron chi connectivity index (χ4n) is 1.95. The molecule has 2 rings (SSSR count). The quantitative estimate of drug-likeness (QED) is 0.831. The van der Waals surface area contributed by atoms with Gasteiger partial charge in [-0.2, -0.15) is 0 Å². The molecule has 2 aromatic rings. The number of ether oxygens (including phenoxy) is 1. The molecule has 1 heterocycles. The molecule has 0 spiro atoms. The van der Waals surface area contributed by atoms with Crippen LogP contribution in [0.15, 0.2) is 30.3 Å². The summed E-state index contributed by atoms with van der Waals surface area (Å²) in [6.07, 6.45) is 0. The number of pyridine rings is 1. The van der Waals surface area contributed by atoms with Crippen LogP contribution in [0.1, 0.15) is 11.3 Å². The second-order valence-electron chi connectivity index (χ2n) is 4.59. The van der Waals surface area contributed by atoms with Crippen LogP contribution in [-0.4, -0.2) is 17.2 Å². The van der Waals surface area contributed by atoms with Gasteiger partial charge >= 0.3 is 0 Å². The summed E-state index contributed by atoms with van der Waals surface area (Å²) in [6.45, 7) is 3.95. The molecule has 0 unspecified atom stereocenters. The van der Waals surface area contributed by atoms with Gasteiger partial charge in [0.2, 0.25) is 0 Å². The van der Waals surface area contributed by atoms with Gasteiger partial charge in [0.1, 0.15) is 11.6 Å². The number of nitrogens with zero attached hydrogens (tertiary/aromatic N) is 1. The van der Waals surface area contributed by atoms with E-state index in [1.165, 1.54) is 0 Å². The van der Waals surface area contributed by atoms with Gasteiger partial charge < -0.3 is 15.4 Å². The number of benzene rings is 1. The molecular formula is C15H16ClN3OS. The molecule has 0 fully saturated rings. The standard InChI is InChI=1S/C15H16ClN3OS/c1-9-6-10(2)17-14(7-9)19-15(21)18-12-8-11(16)4-5-13(12)20-3/h4-8H,1-3H3,(H2,17,18,19,21). The predicted octanol–water partition coefficient (Wildman–Crippen LogP) is 4.17. The summed E-state index contributed by atoms with van der Waals surface area (Å²) >= 11 is 11.3. The monoisotopic (exact) mass is 321 g/mol. The third kappa shape index (κ3) is 4.31. The molecule has 0 atom stereocenters. The Labute approximate surface area is 134 Å². The van der Waals surface area contributed by atoms with Crippen LogP contribution in [0.3, 0.4) is 0 Å². The van der Waals surface area contributed by atoms with E-state index in [1.54, 1.807) is 25.3 Å². The number of nitrogens with one attached hydrogen (secondary N) is 2. The van der Waals surface area contributed by atoms with Gasteiger partial charge in [-0.3, -0.25) is 0 Å². The van der Waals surface area contributed by atoms with Crippen molar-refractivity contribution in [2.24, 2.45) is 0 Å². The number of hydrogen-bond acceptors (Lipinski definition) is 3. The van der Waals surface area contributed by atoms with Gasteiger partial charge in [-0.25, -0.2) is 4.98 Å². The highest BCUT2D eigenvalue weighted by Crippen LogP contribution is 2.27. The lowest BCUT2D eigenvalue weighted by atomic mass is 10.2. The van der Waals surface area contributed by atoms with Crippen molar-refractivity contribution < 1.29 is 4.74 Å². The van der Waals surface area contributed by atoms with Crippen molar-refractivity contribution in [3.05, 3.63) is 46.6 Å². The number of aryl methyl sites for hydroxylation is 2. The van der Waals surface area contributed by atoms with Gasteiger partial charge in [0.25, 0.3) is 0 Å². The molecule has 2 N–H and O–H groups in total. The number of hydrogen-bond donors (Lipinski definition) is 2. The van der Waals surface area contributed by atoms with E-state index in [2.05, 4.69) is 15.6 Å². The molecular weight excluding hydrogens is 306 g/mol. The van der Waals surface area contributed by atoms with Gasteiger partial charge in [-0.15, -0.1) is 0 Å². The Morgan fingerprint density at radius 2 is 1.95 bits per heavy atom. The summed E-state index contributed by atoms with van der Waals surface area (Å²) in [7, 11) is 1.59. The Hall–Kier alpha value is -1.85. The summed E-state index contributed by atoms with van der Waals surface area (Å²) < 4.78 is 5.27. The zero-order chi connectivity index (χ0) is 15.4. The molecule has 0 aliphatic rings.